The molecule has 152 valence electrons. The molecular weight excluding hydrogens is 368 g/mol. The van der Waals surface area contributed by atoms with Gasteiger partial charge in [-0.3, -0.25) is 14.5 Å². The molecule has 0 saturated carbocycles. The Hall–Kier alpha value is -3.02. The molecule has 1 saturated heterocycles. The third kappa shape index (κ3) is 3.79. The van der Waals surface area contributed by atoms with Crippen molar-refractivity contribution in [2.24, 2.45) is 5.92 Å². The fourth-order valence-electron chi connectivity index (χ4n) is 4.10. The summed E-state index contributed by atoms with van der Waals surface area (Å²) in [5.41, 5.74) is 1.72. The van der Waals surface area contributed by atoms with Gasteiger partial charge in [0, 0.05) is 13.1 Å². The summed E-state index contributed by atoms with van der Waals surface area (Å²) in [5, 5.41) is 0. The molecule has 2 aliphatic rings. The Balaban J connectivity index is 1.72. The van der Waals surface area contributed by atoms with Crippen molar-refractivity contribution in [3.63, 3.8) is 0 Å². The molecule has 0 bridgehead atoms. The summed E-state index contributed by atoms with van der Waals surface area (Å²) >= 11 is 0. The van der Waals surface area contributed by atoms with Crippen LogP contribution in [0.1, 0.15) is 38.0 Å². The van der Waals surface area contributed by atoms with E-state index in [1.807, 2.05) is 31.2 Å². The largest absolute Gasteiger partial charge is 0.494 e. The molecule has 1 fully saturated rings. The lowest BCUT2D eigenvalue weighted by molar-refractivity contribution is -0.138. The molecule has 2 amide bonds. The van der Waals surface area contributed by atoms with Gasteiger partial charge in [0.15, 0.2) is 0 Å². The van der Waals surface area contributed by atoms with E-state index in [2.05, 4.69) is 11.8 Å². The van der Waals surface area contributed by atoms with Crippen LogP contribution >= 0.6 is 0 Å². The average molecular weight is 394 g/mol. The van der Waals surface area contributed by atoms with Gasteiger partial charge in [0.05, 0.1) is 25.0 Å². The second-order valence-corrected chi connectivity index (χ2v) is 7.65. The van der Waals surface area contributed by atoms with Gasteiger partial charge in [0.25, 0.3) is 11.8 Å². The molecule has 3 heterocycles. The second kappa shape index (κ2) is 8.15. The van der Waals surface area contributed by atoms with Crippen LogP contribution in [0.5, 0.6) is 5.75 Å². The van der Waals surface area contributed by atoms with Crippen LogP contribution in [0.4, 0.5) is 0 Å². The predicted octanol–water partition coefficient (Wildman–Crippen LogP) is 3.69. The van der Waals surface area contributed by atoms with Gasteiger partial charge in [0.2, 0.25) is 0 Å². The van der Waals surface area contributed by atoms with E-state index in [4.69, 9.17) is 9.15 Å². The SMILES string of the molecule is CCOc1ccc(C2=C(N3CCCC(C)C3)C(=O)N(Cc3ccco3)C2=O)cc1. The first-order chi connectivity index (χ1) is 14.1. The standard InChI is InChI=1S/C23H26N2O4/c1-3-28-18-10-8-17(9-11-18)20-21(24-12-4-6-16(2)14-24)23(27)25(22(20)26)15-19-7-5-13-29-19/h5,7-11,13,16H,3-4,6,12,14-15H2,1-2H3. The van der Waals surface area contributed by atoms with Crippen LogP contribution in [-0.2, 0) is 16.1 Å². The number of rotatable bonds is 6. The highest BCUT2D eigenvalue weighted by Crippen LogP contribution is 2.35. The molecule has 0 N–H and O–H groups in total. The molecular formula is C23H26N2O4. The van der Waals surface area contributed by atoms with Crippen LogP contribution in [0.3, 0.4) is 0 Å². The minimum atomic E-state index is -0.274. The summed E-state index contributed by atoms with van der Waals surface area (Å²) < 4.78 is 10.9. The molecule has 2 aromatic rings. The van der Waals surface area contributed by atoms with Gasteiger partial charge in [-0.1, -0.05) is 19.1 Å². The Morgan fingerprint density at radius 1 is 1.14 bits per heavy atom. The molecule has 0 aliphatic carbocycles. The summed E-state index contributed by atoms with van der Waals surface area (Å²) in [6.45, 7) is 6.39. The van der Waals surface area contributed by atoms with E-state index in [-0.39, 0.29) is 18.4 Å². The van der Waals surface area contributed by atoms with E-state index in [1.165, 1.54) is 4.90 Å². The van der Waals surface area contributed by atoms with Crippen molar-refractivity contribution in [1.29, 1.82) is 0 Å². The number of furan rings is 1. The Labute approximate surface area is 170 Å². The monoisotopic (exact) mass is 394 g/mol. The average Bonchev–Trinajstić information content (AvgIpc) is 3.31. The number of carbonyl (C=O) groups is 2. The molecule has 1 unspecified atom stereocenters. The summed E-state index contributed by atoms with van der Waals surface area (Å²) in [5.74, 6) is 1.30. The first kappa shape index (κ1) is 19.3. The lowest BCUT2D eigenvalue weighted by Crippen LogP contribution is -2.39. The number of benzene rings is 1. The smallest absolute Gasteiger partial charge is 0.278 e. The van der Waals surface area contributed by atoms with Crippen molar-refractivity contribution in [3.05, 3.63) is 59.7 Å². The molecule has 0 spiro atoms. The van der Waals surface area contributed by atoms with Crippen LogP contribution < -0.4 is 4.74 Å². The third-order valence-electron chi connectivity index (χ3n) is 5.46. The maximum Gasteiger partial charge on any atom is 0.278 e. The Morgan fingerprint density at radius 2 is 1.93 bits per heavy atom. The van der Waals surface area contributed by atoms with E-state index in [9.17, 15) is 9.59 Å². The van der Waals surface area contributed by atoms with Crippen LogP contribution in [0.25, 0.3) is 5.57 Å². The number of nitrogens with zero attached hydrogens (tertiary/aromatic N) is 2. The Morgan fingerprint density at radius 3 is 2.59 bits per heavy atom. The van der Waals surface area contributed by atoms with E-state index in [0.29, 0.717) is 29.6 Å². The van der Waals surface area contributed by atoms with Crippen molar-refractivity contribution < 1.29 is 18.7 Å². The normalized spacial score (nSPS) is 20.0. The van der Waals surface area contributed by atoms with Crippen molar-refractivity contribution >= 4 is 17.4 Å². The first-order valence-electron chi connectivity index (χ1n) is 10.2. The topological polar surface area (TPSA) is 63.0 Å². The number of amides is 2. The molecule has 0 radical (unpaired) electrons. The summed E-state index contributed by atoms with van der Waals surface area (Å²) in [6.07, 6.45) is 3.70. The highest BCUT2D eigenvalue weighted by Gasteiger charge is 2.42. The first-order valence-corrected chi connectivity index (χ1v) is 10.2. The number of imide groups is 1. The van der Waals surface area contributed by atoms with Gasteiger partial charge in [-0.2, -0.15) is 0 Å². The summed E-state index contributed by atoms with van der Waals surface area (Å²) in [6, 6.07) is 10.9. The number of ether oxygens (including phenoxy) is 1. The van der Waals surface area contributed by atoms with Crippen molar-refractivity contribution in [1.82, 2.24) is 9.80 Å². The molecule has 1 aromatic heterocycles. The maximum atomic E-state index is 13.3. The zero-order valence-corrected chi connectivity index (χ0v) is 16.9. The van der Waals surface area contributed by atoms with E-state index >= 15 is 0 Å². The molecule has 4 rings (SSSR count). The van der Waals surface area contributed by atoms with Gasteiger partial charge < -0.3 is 14.1 Å². The van der Waals surface area contributed by atoms with Gasteiger partial charge in [0.1, 0.15) is 17.2 Å². The molecule has 2 aliphatic heterocycles. The number of piperidine rings is 1. The number of likely N-dealkylation sites (tertiary alicyclic amines) is 1. The van der Waals surface area contributed by atoms with Crippen molar-refractivity contribution in [2.45, 2.75) is 33.2 Å². The molecule has 1 atom stereocenters. The molecule has 6 nitrogen and oxygen atoms in total. The fraction of sp³-hybridized carbons (Fsp3) is 0.391. The maximum absolute atomic E-state index is 13.3. The summed E-state index contributed by atoms with van der Waals surface area (Å²) in [7, 11) is 0. The number of hydrogen-bond donors (Lipinski definition) is 0. The molecule has 29 heavy (non-hydrogen) atoms. The number of carbonyl (C=O) groups excluding carboxylic acids is 2. The van der Waals surface area contributed by atoms with Crippen LogP contribution in [0.2, 0.25) is 0 Å². The Kier molecular flexibility index (Phi) is 5.43. The number of hydrogen-bond acceptors (Lipinski definition) is 5. The van der Waals surface area contributed by atoms with E-state index in [0.717, 1.165) is 37.2 Å². The second-order valence-electron chi connectivity index (χ2n) is 7.65. The lowest BCUT2D eigenvalue weighted by Gasteiger charge is -2.33. The van der Waals surface area contributed by atoms with Gasteiger partial charge in [-0.25, -0.2) is 0 Å². The molecule has 6 heteroatoms. The van der Waals surface area contributed by atoms with Crippen molar-refractivity contribution in [2.75, 3.05) is 19.7 Å². The lowest BCUT2D eigenvalue weighted by atomic mass is 9.97. The highest BCUT2D eigenvalue weighted by molar-refractivity contribution is 6.35. The molecule has 1 aromatic carbocycles. The quantitative estimate of drug-likeness (QED) is 0.699. The van der Waals surface area contributed by atoms with E-state index < -0.39 is 0 Å². The van der Waals surface area contributed by atoms with Crippen LogP contribution in [0.15, 0.2) is 52.8 Å². The minimum absolute atomic E-state index is 0.137. The predicted molar refractivity (Wildman–Crippen MR) is 109 cm³/mol. The van der Waals surface area contributed by atoms with Crippen LogP contribution in [-0.4, -0.2) is 41.3 Å². The fourth-order valence-corrected chi connectivity index (χ4v) is 4.10. The third-order valence-corrected chi connectivity index (χ3v) is 5.46. The zero-order chi connectivity index (χ0) is 20.4. The van der Waals surface area contributed by atoms with Gasteiger partial charge in [-0.05, 0) is 55.5 Å². The van der Waals surface area contributed by atoms with Crippen molar-refractivity contribution in [3.8, 4) is 5.75 Å². The zero-order valence-electron chi connectivity index (χ0n) is 16.9. The van der Waals surface area contributed by atoms with Gasteiger partial charge >= 0.3 is 0 Å². The summed E-state index contributed by atoms with van der Waals surface area (Å²) in [4.78, 5) is 30.1. The van der Waals surface area contributed by atoms with E-state index in [1.54, 1.807) is 18.4 Å². The Bertz CT molecular complexity index is 915. The minimum Gasteiger partial charge on any atom is -0.494 e. The van der Waals surface area contributed by atoms with Gasteiger partial charge in [-0.15, -0.1) is 0 Å². The van der Waals surface area contributed by atoms with Crippen LogP contribution in [0, 0.1) is 5.92 Å². The highest BCUT2D eigenvalue weighted by atomic mass is 16.5.